The van der Waals surface area contributed by atoms with E-state index in [0.29, 0.717) is 0 Å². The summed E-state index contributed by atoms with van der Waals surface area (Å²) >= 11 is 0. The lowest BCUT2D eigenvalue weighted by atomic mass is 9.91. The van der Waals surface area contributed by atoms with Crippen LogP contribution in [0.5, 0.6) is 0 Å². The summed E-state index contributed by atoms with van der Waals surface area (Å²) in [6, 6.07) is 19.5. The first kappa shape index (κ1) is 14.2. The van der Waals surface area contributed by atoms with Crippen molar-refractivity contribution in [1.82, 2.24) is 5.32 Å². The van der Waals surface area contributed by atoms with Crippen LogP contribution in [0, 0.1) is 5.92 Å². The molecule has 21 heavy (non-hydrogen) atoms. The molecule has 3 rings (SSSR count). The molecule has 2 nitrogen and oxygen atoms in total. The van der Waals surface area contributed by atoms with Crippen LogP contribution in [0.1, 0.15) is 24.0 Å². The van der Waals surface area contributed by atoms with Crippen LogP contribution < -0.4 is 10.6 Å². The van der Waals surface area contributed by atoms with Crippen molar-refractivity contribution >= 4 is 5.69 Å². The highest BCUT2D eigenvalue weighted by Crippen LogP contribution is 2.19. The molecule has 0 spiro atoms. The normalized spacial score (nSPS) is 15.8. The van der Waals surface area contributed by atoms with Gasteiger partial charge in [-0.3, -0.25) is 0 Å². The molecular weight excluding hydrogens is 256 g/mol. The minimum absolute atomic E-state index is 0.856. The molecular formula is C19H24N2. The lowest BCUT2D eigenvalue weighted by Crippen LogP contribution is -2.28. The van der Waals surface area contributed by atoms with Crippen LogP contribution in [0.15, 0.2) is 54.6 Å². The average Bonchev–Trinajstić information content (AvgIpc) is 2.56. The molecule has 2 N–H and O–H groups in total. The van der Waals surface area contributed by atoms with E-state index in [-0.39, 0.29) is 0 Å². The van der Waals surface area contributed by atoms with Crippen molar-refractivity contribution < 1.29 is 0 Å². The van der Waals surface area contributed by atoms with E-state index in [2.05, 4.69) is 65.2 Å². The molecule has 1 saturated heterocycles. The van der Waals surface area contributed by atoms with Crippen molar-refractivity contribution in [3.8, 4) is 0 Å². The minimum Gasteiger partial charge on any atom is -0.381 e. The third kappa shape index (κ3) is 4.33. The molecule has 1 fully saturated rings. The molecule has 110 valence electrons. The van der Waals surface area contributed by atoms with Crippen molar-refractivity contribution in [1.29, 1.82) is 0 Å². The Balaban J connectivity index is 1.51. The molecule has 0 aromatic heterocycles. The van der Waals surface area contributed by atoms with Gasteiger partial charge in [-0.1, -0.05) is 42.5 Å². The summed E-state index contributed by atoms with van der Waals surface area (Å²) in [6.45, 7) is 3.25. The lowest BCUT2D eigenvalue weighted by Gasteiger charge is -2.22. The lowest BCUT2D eigenvalue weighted by molar-refractivity contribution is 0.372. The number of anilines is 1. The summed E-state index contributed by atoms with van der Waals surface area (Å²) in [7, 11) is 0. The molecule has 2 aromatic carbocycles. The fourth-order valence-corrected chi connectivity index (χ4v) is 2.98. The molecule has 0 atom stereocenters. The molecule has 0 aliphatic carbocycles. The van der Waals surface area contributed by atoms with Gasteiger partial charge in [-0.25, -0.2) is 0 Å². The van der Waals surface area contributed by atoms with Crippen molar-refractivity contribution in [2.45, 2.75) is 25.8 Å². The molecule has 0 amide bonds. The van der Waals surface area contributed by atoms with Gasteiger partial charge in [-0.2, -0.15) is 0 Å². The number of piperidine rings is 1. The van der Waals surface area contributed by atoms with E-state index < -0.39 is 0 Å². The standard InChI is InChI=1S/C19H24N2/c1-2-4-18(5-3-1)15-21-19-8-6-16(7-9-19)14-17-10-12-20-13-11-17/h1-9,17,20-21H,10-15H2. The number of benzene rings is 2. The second-order valence-corrected chi connectivity index (χ2v) is 5.93. The van der Waals surface area contributed by atoms with Crippen LogP contribution in [0.4, 0.5) is 5.69 Å². The van der Waals surface area contributed by atoms with Crippen LogP contribution >= 0.6 is 0 Å². The molecule has 2 heteroatoms. The van der Waals surface area contributed by atoms with E-state index in [0.717, 1.165) is 12.5 Å². The monoisotopic (exact) mass is 280 g/mol. The smallest absolute Gasteiger partial charge is 0.0400 e. The Hall–Kier alpha value is -1.80. The third-order valence-corrected chi connectivity index (χ3v) is 4.28. The van der Waals surface area contributed by atoms with Gasteiger partial charge in [0.2, 0.25) is 0 Å². The predicted molar refractivity (Wildman–Crippen MR) is 89.5 cm³/mol. The Morgan fingerprint density at radius 3 is 2.29 bits per heavy atom. The molecule has 0 bridgehead atoms. The van der Waals surface area contributed by atoms with E-state index >= 15 is 0 Å². The maximum absolute atomic E-state index is 3.48. The van der Waals surface area contributed by atoms with Gasteiger partial charge in [0.05, 0.1) is 0 Å². The number of hydrogen-bond acceptors (Lipinski definition) is 2. The van der Waals surface area contributed by atoms with Gasteiger partial charge in [0.1, 0.15) is 0 Å². The van der Waals surface area contributed by atoms with Crippen LogP contribution in [0.3, 0.4) is 0 Å². The van der Waals surface area contributed by atoms with Gasteiger partial charge in [0.25, 0.3) is 0 Å². The van der Waals surface area contributed by atoms with E-state index in [1.165, 1.54) is 49.2 Å². The van der Waals surface area contributed by atoms with Gasteiger partial charge in [-0.15, -0.1) is 0 Å². The summed E-state index contributed by atoms with van der Waals surface area (Å²) < 4.78 is 0. The molecule has 1 aliphatic rings. The first-order valence-corrected chi connectivity index (χ1v) is 7.97. The largest absolute Gasteiger partial charge is 0.381 e. The summed E-state index contributed by atoms with van der Waals surface area (Å²) in [5.41, 5.74) is 3.98. The van der Waals surface area contributed by atoms with Gasteiger partial charge in [0.15, 0.2) is 0 Å². The minimum atomic E-state index is 0.856. The Labute approximate surface area is 127 Å². The number of rotatable bonds is 5. The van der Waals surface area contributed by atoms with E-state index in [1.807, 2.05) is 0 Å². The van der Waals surface area contributed by atoms with Gasteiger partial charge >= 0.3 is 0 Å². The van der Waals surface area contributed by atoms with Crippen molar-refractivity contribution in [2.24, 2.45) is 5.92 Å². The number of nitrogens with one attached hydrogen (secondary N) is 2. The SMILES string of the molecule is c1ccc(CNc2ccc(CC3CCNCC3)cc2)cc1. The van der Waals surface area contributed by atoms with Crippen molar-refractivity contribution in [3.05, 3.63) is 65.7 Å². The molecule has 1 heterocycles. The second kappa shape index (κ2) is 7.28. The topological polar surface area (TPSA) is 24.1 Å². The maximum atomic E-state index is 3.48. The van der Waals surface area contributed by atoms with E-state index in [4.69, 9.17) is 0 Å². The molecule has 0 unspecified atom stereocenters. The summed E-state index contributed by atoms with van der Waals surface area (Å²) in [6.07, 6.45) is 3.85. The highest BCUT2D eigenvalue weighted by molar-refractivity contribution is 5.45. The van der Waals surface area contributed by atoms with E-state index in [1.54, 1.807) is 0 Å². The van der Waals surface area contributed by atoms with Crippen LogP contribution in [-0.4, -0.2) is 13.1 Å². The second-order valence-electron chi connectivity index (χ2n) is 5.93. The molecule has 2 aromatic rings. The summed E-state index contributed by atoms with van der Waals surface area (Å²) in [5.74, 6) is 0.856. The Bertz CT molecular complexity index is 527. The zero-order chi connectivity index (χ0) is 14.3. The van der Waals surface area contributed by atoms with Crippen LogP contribution in [0.2, 0.25) is 0 Å². The zero-order valence-electron chi connectivity index (χ0n) is 12.5. The Kier molecular flexibility index (Phi) is 4.90. The quantitative estimate of drug-likeness (QED) is 0.869. The van der Waals surface area contributed by atoms with Gasteiger partial charge in [-0.05, 0) is 61.5 Å². The maximum Gasteiger partial charge on any atom is 0.0400 e. The summed E-state index contributed by atoms with van der Waals surface area (Å²) in [5, 5.41) is 6.91. The highest BCUT2D eigenvalue weighted by atomic mass is 14.9. The molecule has 1 aliphatic heterocycles. The third-order valence-electron chi connectivity index (χ3n) is 4.28. The Morgan fingerprint density at radius 1 is 0.857 bits per heavy atom. The van der Waals surface area contributed by atoms with Gasteiger partial charge in [0, 0.05) is 12.2 Å². The van der Waals surface area contributed by atoms with Crippen LogP contribution in [0.25, 0.3) is 0 Å². The molecule has 0 saturated carbocycles. The molecule has 0 radical (unpaired) electrons. The average molecular weight is 280 g/mol. The fourth-order valence-electron chi connectivity index (χ4n) is 2.98. The summed E-state index contributed by atoms with van der Waals surface area (Å²) in [4.78, 5) is 0. The highest BCUT2D eigenvalue weighted by Gasteiger charge is 2.13. The zero-order valence-corrected chi connectivity index (χ0v) is 12.5. The van der Waals surface area contributed by atoms with Crippen molar-refractivity contribution in [3.63, 3.8) is 0 Å². The Morgan fingerprint density at radius 2 is 1.57 bits per heavy atom. The predicted octanol–water partition coefficient (Wildman–Crippen LogP) is 3.84. The van der Waals surface area contributed by atoms with E-state index in [9.17, 15) is 0 Å². The van der Waals surface area contributed by atoms with Crippen LogP contribution in [-0.2, 0) is 13.0 Å². The first-order valence-electron chi connectivity index (χ1n) is 7.97. The first-order chi connectivity index (χ1) is 10.4. The van der Waals surface area contributed by atoms with Crippen molar-refractivity contribution in [2.75, 3.05) is 18.4 Å². The number of hydrogen-bond donors (Lipinski definition) is 2. The fraction of sp³-hybridized carbons (Fsp3) is 0.368. The van der Waals surface area contributed by atoms with Gasteiger partial charge < -0.3 is 10.6 Å².